The topological polar surface area (TPSA) is 24.1 Å². The summed E-state index contributed by atoms with van der Waals surface area (Å²) in [7, 11) is 0. The molecule has 90 valence electrons. The SMILES string of the molecule is Cl.Clc1ccc(CN[C@@H]2CCNC2)cc1Cl. The largest absolute Gasteiger partial charge is 0.315 e. The molecule has 2 N–H and O–H groups in total. The summed E-state index contributed by atoms with van der Waals surface area (Å²) >= 11 is 11.8. The zero-order chi connectivity index (χ0) is 10.7. The molecule has 0 saturated carbocycles. The Morgan fingerprint density at radius 3 is 2.75 bits per heavy atom. The van der Waals surface area contributed by atoms with Crippen LogP contribution >= 0.6 is 35.6 Å². The summed E-state index contributed by atoms with van der Waals surface area (Å²) in [5, 5.41) is 8.04. The van der Waals surface area contributed by atoms with E-state index in [1.54, 1.807) is 0 Å². The third-order valence-electron chi connectivity index (χ3n) is 2.64. The van der Waals surface area contributed by atoms with E-state index in [0.717, 1.165) is 19.6 Å². The Kier molecular flexibility index (Phi) is 5.87. The summed E-state index contributed by atoms with van der Waals surface area (Å²) in [6.45, 7) is 3.02. The zero-order valence-corrected chi connectivity index (χ0v) is 11.1. The summed E-state index contributed by atoms with van der Waals surface area (Å²) in [5.41, 5.74) is 1.18. The van der Waals surface area contributed by atoms with Gasteiger partial charge in [-0.25, -0.2) is 0 Å². The Balaban J connectivity index is 0.00000128. The van der Waals surface area contributed by atoms with Crippen molar-refractivity contribution >= 4 is 35.6 Å². The van der Waals surface area contributed by atoms with E-state index in [9.17, 15) is 0 Å². The van der Waals surface area contributed by atoms with Crippen LogP contribution in [0.1, 0.15) is 12.0 Å². The molecule has 0 unspecified atom stereocenters. The van der Waals surface area contributed by atoms with Crippen LogP contribution in [0, 0.1) is 0 Å². The van der Waals surface area contributed by atoms with Gasteiger partial charge in [0, 0.05) is 19.1 Å². The fourth-order valence-electron chi connectivity index (χ4n) is 1.74. The molecular formula is C11H15Cl3N2. The smallest absolute Gasteiger partial charge is 0.0595 e. The average molecular weight is 282 g/mol. The van der Waals surface area contributed by atoms with Crippen molar-refractivity contribution in [2.24, 2.45) is 0 Å². The van der Waals surface area contributed by atoms with E-state index in [1.165, 1.54) is 12.0 Å². The lowest BCUT2D eigenvalue weighted by Crippen LogP contribution is -2.30. The molecule has 2 rings (SSSR count). The lowest BCUT2D eigenvalue weighted by atomic mass is 10.2. The second-order valence-electron chi connectivity index (χ2n) is 3.82. The molecule has 0 radical (unpaired) electrons. The normalized spacial score (nSPS) is 19.5. The van der Waals surface area contributed by atoms with Gasteiger partial charge in [-0.05, 0) is 30.7 Å². The van der Waals surface area contributed by atoms with Gasteiger partial charge in [-0.15, -0.1) is 12.4 Å². The first-order chi connectivity index (χ1) is 7.25. The van der Waals surface area contributed by atoms with E-state index in [2.05, 4.69) is 10.6 Å². The van der Waals surface area contributed by atoms with Crippen molar-refractivity contribution in [1.82, 2.24) is 10.6 Å². The van der Waals surface area contributed by atoms with Gasteiger partial charge in [-0.3, -0.25) is 0 Å². The van der Waals surface area contributed by atoms with Gasteiger partial charge < -0.3 is 10.6 Å². The molecule has 16 heavy (non-hydrogen) atoms. The second-order valence-corrected chi connectivity index (χ2v) is 4.63. The quantitative estimate of drug-likeness (QED) is 0.890. The lowest BCUT2D eigenvalue weighted by Gasteiger charge is -2.11. The number of halogens is 3. The van der Waals surface area contributed by atoms with E-state index in [4.69, 9.17) is 23.2 Å². The van der Waals surface area contributed by atoms with Crippen LogP contribution in [0.2, 0.25) is 10.0 Å². The van der Waals surface area contributed by atoms with Crippen molar-refractivity contribution in [1.29, 1.82) is 0 Å². The monoisotopic (exact) mass is 280 g/mol. The number of hydrogen-bond acceptors (Lipinski definition) is 2. The summed E-state index contributed by atoms with van der Waals surface area (Å²) in [6, 6.07) is 6.34. The Labute approximate surface area is 112 Å². The predicted octanol–water partition coefficient (Wildman–Crippen LogP) is 2.87. The van der Waals surface area contributed by atoms with Crippen molar-refractivity contribution in [2.45, 2.75) is 19.0 Å². The Morgan fingerprint density at radius 1 is 1.31 bits per heavy atom. The minimum Gasteiger partial charge on any atom is -0.315 e. The molecule has 0 bridgehead atoms. The number of rotatable bonds is 3. The number of benzene rings is 1. The van der Waals surface area contributed by atoms with E-state index in [0.29, 0.717) is 16.1 Å². The molecular weight excluding hydrogens is 266 g/mol. The van der Waals surface area contributed by atoms with Gasteiger partial charge >= 0.3 is 0 Å². The maximum Gasteiger partial charge on any atom is 0.0595 e. The molecule has 1 fully saturated rings. The van der Waals surface area contributed by atoms with Crippen molar-refractivity contribution in [2.75, 3.05) is 13.1 Å². The highest BCUT2D eigenvalue weighted by Crippen LogP contribution is 2.22. The van der Waals surface area contributed by atoms with Crippen LogP contribution in [-0.4, -0.2) is 19.1 Å². The minimum atomic E-state index is 0. The van der Waals surface area contributed by atoms with Crippen LogP contribution in [0.3, 0.4) is 0 Å². The highest BCUT2D eigenvalue weighted by molar-refractivity contribution is 6.42. The number of nitrogens with one attached hydrogen (secondary N) is 2. The summed E-state index contributed by atoms with van der Waals surface area (Å²) < 4.78 is 0. The molecule has 0 aromatic heterocycles. The fourth-order valence-corrected chi connectivity index (χ4v) is 2.06. The molecule has 0 aliphatic carbocycles. The van der Waals surface area contributed by atoms with Gasteiger partial charge in [0.15, 0.2) is 0 Å². The third kappa shape index (κ3) is 3.79. The highest BCUT2D eigenvalue weighted by atomic mass is 35.5. The lowest BCUT2D eigenvalue weighted by molar-refractivity contribution is 0.547. The molecule has 0 spiro atoms. The molecule has 1 aliphatic heterocycles. The standard InChI is InChI=1S/C11H14Cl2N2.ClH/c12-10-2-1-8(5-11(10)13)6-15-9-3-4-14-7-9;/h1-2,5,9,14-15H,3-4,6-7H2;1H/t9-;/m1./s1. The summed E-state index contributed by atoms with van der Waals surface area (Å²) in [6.07, 6.45) is 1.20. The molecule has 0 amide bonds. The zero-order valence-electron chi connectivity index (χ0n) is 8.80. The molecule has 1 atom stereocenters. The van der Waals surface area contributed by atoms with Crippen LogP contribution in [0.25, 0.3) is 0 Å². The van der Waals surface area contributed by atoms with Gasteiger partial charge in [0.25, 0.3) is 0 Å². The van der Waals surface area contributed by atoms with E-state index >= 15 is 0 Å². The molecule has 2 nitrogen and oxygen atoms in total. The second kappa shape index (κ2) is 6.67. The fraction of sp³-hybridized carbons (Fsp3) is 0.455. The molecule has 1 aromatic rings. The van der Waals surface area contributed by atoms with Crippen LogP contribution in [0.15, 0.2) is 18.2 Å². The Bertz CT molecular complexity index is 338. The van der Waals surface area contributed by atoms with E-state index < -0.39 is 0 Å². The Hall–Kier alpha value is 0.01000. The van der Waals surface area contributed by atoms with Crippen molar-refractivity contribution < 1.29 is 0 Å². The highest BCUT2D eigenvalue weighted by Gasteiger charge is 2.13. The molecule has 1 aliphatic rings. The Morgan fingerprint density at radius 2 is 2.12 bits per heavy atom. The van der Waals surface area contributed by atoms with Crippen LogP contribution in [-0.2, 0) is 6.54 Å². The minimum absolute atomic E-state index is 0. The van der Waals surface area contributed by atoms with Gasteiger partial charge in [-0.1, -0.05) is 29.3 Å². The molecule has 1 saturated heterocycles. The van der Waals surface area contributed by atoms with E-state index in [1.807, 2.05) is 18.2 Å². The predicted molar refractivity (Wildman–Crippen MR) is 71.8 cm³/mol. The van der Waals surface area contributed by atoms with Gasteiger partial charge in [0.05, 0.1) is 10.0 Å². The maximum atomic E-state index is 5.94. The van der Waals surface area contributed by atoms with Gasteiger partial charge in [0.2, 0.25) is 0 Å². The van der Waals surface area contributed by atoms with Crippen molar-refractivity contribution in [3.8, 4) is 0 Å². The first-order valence-corrected chi connectivity index (χ1v) is 5.89. The van der Waals surface area contributed by atoms with E-state index in [-0.39, 0.29) is 12.4 Å². The van der Waals surface area contributed by atoms with Crippen molar-refractivity contribution in [3.05, 3.63) is 33.8 Å². The summed E-state index contributed by atoms with van der Waals surface area (Å²) in [5.74, 6) is 0. The first kappa shape index (κ1) is 14.1. The van der Waals surface area contributed by atoms with Crippen LogP contribution in [0.4, 0.5) is 0 Å². The third-order valence-corrected chi connectivity index (χ3v) is 3.38. The average Bonchev–Trinajstić information content (AvgIpc) is 2.73. The van der Waals surface area contributed by atoms with Crippen LogP contribution in [0.5, 0.6) is 0 Å². The number of hydrogen-bond donors (Lipinski definition) is 2. The van der Waals surface area contributed by atoms with Crippen molar-refractivity contribution in [3.63, 3.8) is 0 Å². The summed E-state index contributed by atoms with van der Waals surface area (Å²) in [4.78, 5) is 0. The maximum absolute atomic E-state index is 5.94. The van der Waals surface area contributed by atoms with Gasteiger partial charge in [0.1, 0.15) is 0 Å². The molecule has 1 aromatic carbocycles. The first-order valence-electron chi connectivity index (χ1n) is 5.14. The molecule has 5 heteroatoms. The van der Waals surface area contributed by atoms with Crippen LogP contribution < -0.4 is 10.6 Å². The van der Waals surface area contributed by atoms with Gasteiger partial charge in [-0.2, -0.15) is 0 Å². The molecule has 1 heterocycles.